The lowest BCUT2D eigenvalue weighted by Gasteiger charge is -2.20. The van der Waals surface area contributed by atoms with Crippen LogP contribution in [0.2, 0.25) is 0 Å². The fourth-order valence-electron chi connectivity index (χ4n) is 9.19. The monoisotopic (exact) mass is 760 g/mol. The molecule has 0 spiro atoms. The van der Waals surface area contributed by atoms with Gasteiger partial charge in [-0.3, -0.25) is 0 Å². The van der Waals surface area contributed by atoms with E-state index < -0.39 is 0 Å². The lowest BCUT2D eigenvalue weighted by Crippen LogP contribution is -1.93. The minimum atomic E-state index is 1.19. The first-order valence-corrected chi connectivity index (χ1v) is 20.7. The molecule has 0 saturated carbocycles. The van der Waals surface area contributed by atoms with E-state index in [4.69, 9.17) is 0 Å². The topological polar surface area (TPSA) is 0 Å². The van der Waals surface area contributed by atoms with Crippen LogP contribution >= 0.6 is 0 Å². The van der Waals surface area contributed by atoms with E-state index >= 15 is 0 Å². The Morgan fingerprint density at radius 2 is 0.567 bits per heavy atom. The molecule has 11 aromatic carbocycles. The molecule has 0 heterocycles. The Morgan fingerprint density at radius 3 is 1.20 bits per heavy atom. The van der Waals surface area contributed by atoms with Crippen molar-refractivity contribution < 1.29 is 0 Å². The van der Waals surface area contributed by atoms with Crippen LogP contribution in [0.5, 0.6) is 0 Å². The first kappa shape index (κ1) is 35.4. The molecule has 0 aliphatic heterocycles. The first-order chi connectivity index (χ1) is 29.8. The molecule has 0 radical (unpaired) electrons. The van der Waals surface area contributed by atoms with E-state index in [-0.39, 0.29) is 0 Å². The van der Waals surface area contributed by atoms with Crippen molar-refractivity contribution in [2.45, 2.75) is 0 Å². The zero-order valence-electron chi connectivity index (χ0n) is 33.1. The summed E-state index contributed by atoms with van der Waals surface area (Å²) in [7, 11) is 0. The van der Waals surface area contributed by atoms with Crippen molar-refractivity contribution in [2.75, 3.05) is 0 Å². The van der Waals surface area contributed by atoms with Gasteiger partial charge in [0.25, 0.3) is 0 Å². The molecular formula is C60H40. The van der Waals surface area contributed by atoms with Crippen LogP contribution in [0.25, 0.3) is 110 Å². The normalized spacial score (nSPS) is 11.3. The molecule has 0 aliphatic carbocycles. The fourth-order valence-corrected chi connectivity index (χ4v) is 9.19. The van der Waals surface area contributed by atoms with E-state index in [1.54, 1.807) is 0 Å². The molecule has 0 N–H and O–H groups in total. The molecule has 0 bridgehead atoms. The summed E-state index contributed by atoms with van der Waals surface area (Å²) in [6, 6.07) is 88.7. The zero-order chi connectivity index (χ0) is 39.8. The number of benzene rings is 11. The Morgan fingerprint density at radius 1 is 0.167 bits per heavy atom. The molecule has 0 saturated heterocycles. The van der Waals surface area contributed by atoms with Crippen molar-refractivity contribution in [3.63, 3.8) is 0 Å². The minimum absolute atomic E-state index is 1.19. The fraction of sp³-hybridized carbons (Fsp3) is 0. The second-order valence-corrected chi connectivity index (χ2v) is 15.6. The van der Waals surface area contributed by atoms with Gasteiger partial charge in [-0.2, -0.15) is 0 Å². The van der Waals surface area contributed by atoms with Crippen molar-refractivity contribution >= 4 is 32.3 Å². The van der Waals surface area contributed by atoms with E-state index in [0.29, 0.717) is 0 Å². The van der Waals surface area contributed by atoms with Crippen LogP contribution in [-0.2, 0) is 0 Å². The molecule has 280 valence electrons. The summed E-state index contributed by atoms with van der Waals surface area (Å²) in [6.45, 7) is 0. The van der Waals surface area contributed by atoms with Crippen LogP contribution in [0.1, 0.15) is 0 Å². The van der Waals surface area contributed by atoms with Gasteiger partial charge in [-0.25, -0.2) is 0 Å². The maximum Gasteiger partial charge on any atom is -0.00199 e. The third kappa shape index (κ3) is 6.36. The van der Waals surface area contributed by atoms with Crippen molar-refractivity contribution in [2.24, 2.45) is 0 Å². The van der Waals surface area contributed by atoms with Gasteiger partial charge in [0, 0.05) is 0 Å². The standard InChI is InChI=1S/C60H40/c1-3-15-41(16-4-1)42-33-35-46(36-34-42)53-38-37-49(44-31-29-43(30-32-44)48-21-13-22-50(39-48)52-28-14-20-45-17-7-8-23-51(45)52)40-58(53)60-56-26-11-9-24-54(56)59(47-18-5-2-6-19-47)55-25-10-12-27-57(55)60/h1-40H. The van der Waals surface area contributed by atoms with E-state index in [1.165, 1.54) is 110 Å². The van der Waals surface area contributed by atoms with Gasteiger partial charge >= 0.3 is 0 Å². The maximum absolute atomic E-state index is 2.42. The van der Waals surface area contributed by atoms with E-state index in [2.05, 4.69) is 243 Å². The van der Waals surface area contributed by atoms with Gasteiger partial charge in [0.05, 0.1) is 0 Å². The van der Waals surface area contributed by atoms with Crippen LogP contribution in [0.15, 0.2) is 243 Å². The highest BCUT2D eigenvalue weighted by atomic mass is 14.2. The number of rotatable bonds is 7. The highest BCUT2D eigenvalue weighted by Gasteiger charge is 2.20. The summed E-state index contributed by atoms with van der Waals surface area (Å²) >= 11 is 0. The maximum atomic E-state index is 2.42. The lowest BCUT2D eigenvalue weighted by atomic mass is 9.82. The predicted octanol–water partition coefficient (Wildman–Crippen LogP) is 16.8. The highest BCUT2D eigenvalue weighted by Crippen LogP contribution is 2.47. The first-order valence-electron chi connectivity index (χ1n) is 20.7. The number of fused-ring (bicyclic) bond motifs is 3. The van der Waals surface area contributed by atoms with Gasteiger partial charge in [-0.15, -0.1) is 0 Å². The number of hydrogen-bond donors (Lipinski definition) is 0. The molecule has 0 nitrogen and oxygen atoms in total. The Labute approximate surface area is 351 Å². The van der Waals surface area contributed by atoms with Gasteiger partial charge in [0.2, 0.25) is 0 Å². The van der Waals surface area contributed by atoms with Crippen molar-refractivity contribution in [3.05, 3.63) is 243 Å². The quantitative estimate of drug-likeness (QED) is 0.142. The van der Waals surface area contributed by atoms with Crippen LogP contribution < -0.4 is 0 Å². The third-order valence-corrected chi connectivity index (χ3v) is 12.1. The van der Waals surface area contributed by atoms with E-state index in [1.807, 2.05) is 0 Å². The molecule has 0 heteroatoms. The molecule has 11 aromatic rings. The summed E-state index contributed by atoms with van der Waals surface area (Å²) < 4.78 is 0. The molecule has 60 heavy (non-hydrogen) atoms. The van der Waals surface area contributed by atoms with Crippen LogP contribution in [0.3, 0.4) is 0 Å². The Bertz CT molecular complexity index is 3260. The Balaban J connectivity index is 1.06. The van der Waals surface area contributed by atoms with Crippen molar-refractivity contribution in [1.82, 2.24) is 0 Å². The average Bonchev–Trinajstić information content (AvgIpc) is 3.33. The summed E-state index contributed by atoms with van der Waals surface area (Å²) in [5.41, 5.74) is 17.1. The van der Waals surface area contributed by atoms with Gasteiger partial charge in [-0.1, -0.05) is 231 Å². The van der Waals surface area contributed by atoms with E-state index in [0.717, 1.165) is 0 Å². The Hall–Kier alpha value is -7.80. The Kier molecular flexibility index (Phi) is 8.95. The van der Waals surface area contributed by atoms with Crippen LogP contribution in [-0.4, -0.2) is 0 Å². The van der Waals surface area contributed by atoms with Gasteiger partial charge < -0.3 is 0 Å². The molecular weight excluding hydrogens is 721 g/mol. The number of hydrogen-bond acceptors (Lipinski definition) is 0. The van der Waals surface area contributed by atoms with Crippen molar-refractivity contribution in [1.29, 1.82) is 0 Å². The van der Waals surface area contributed by atoms with Gasteiger partial charge in [0.15, 0.2) is 0 Å². The molecule has 0 unspecified atom stereocenters. The summed E-state index contributed by atoms with van der Waals surface area (Å²) in [4.78, 5) is 0. The molecule has 0 aromatic heterocycles. The van der Waals surface area contributed by atoms with Crippen molar-refractivity contribution in [3.8, 4) is 77.9 Å². The molecule has 0 aliphatic rings. The van der Waals surface area contributed by atoms with Crippen LogP contribution in [0, 0.1) is 0 Å². The van der Waals surface area contributed by atoms with E-state index in [9.17, 15) is 0 Å². The SMILES string of the molecule is c1ccc(-c2ccc(-c3ccc(-c4ccc(-c5cccc(-c6cccc7ccccc67)c5)cc4)cc3-c3c4ccccc4c(-c4ccccc4)c4ccccc34)cc2)cc1. The van der Waals surface area contributed by atoms with Gasteiger partial charge in [-0.05, 0) is 122 Å². The molecule has 11 rings (SSSR count). The molecule has 0 amide bonds. The lowest BCUT2D eigenvalue weighted by molar-refractivity contribution is 1.56. The summed E-state index contributed by atoms with van der Waals surface area (Å²) in [6.07, 6.45) is 0. The second kappa shape index (κ2) is 15.2. The molecule has 0 fully saturated rings. The summed E-state index contributed by atoms with van der Waals surface area (Å²) in [5, 5.41) is 7.53. The third-order valence-electron chi connectivity index (χ3n) is 12.1. The highest BCUT2D eigenvalue weighted by molar-refractivity contribution is 6.22. The zero-order valence-corrected chi connectivity index (χ0v) is 33.1. The minimum Gasteiger partial charge on any atom is -0.0622 e. The largest absolute Gasteiger partial charge is 0.0622 e. The molecule has 0 atom stereocenters. The van der Waals surface area contributed by atoms with Gasteiger partial charge in [0.1, 0.15) is 0 Å². The second-order valence-electron chi connectivity index (χ2n) is 15.6. The average molecular weight is 761 g/mol. The summed E-state index contributed by atoms with van der Waals surface area (Å²) in [5.74, 6) is 0. The van der Waals surface area contributed by atoms with Crippen LogP contribution in [0.4, 0.5) is 0 Å². The smallest absolute Gasteiger partial charge is 0.00199 e. The predicted molar refractivity (Wildman–Crippen MR) is 257 cm³/mol.